The molecule has 26 heavy (non-hydrogen) atoms. The third-order valence-electron chi connectivity index (χ3n) is 5.21. The number of imide groups is 1. The van der Waals surface area contributed by atoms with Gasteiger partial charge in [0.2, 0.25) is 0 Å². The van der Waals surface area contributed by atoms with Gasteiger partial charge in [-0.1, -0.05) is 11.3 Å². The van der Waals surface area contributed by atoms with E-state index in [2.05, 4.69) is 10.3 Å². The highest BCUT2D eigenvalue weighted by molar-refractivity contribution is 6.26. The first-order valence-electron chi connectivity index (χ1n) is 8.59. The van der Waals surface area contributed by atoms with Crippen molar-refractivity contribution in [2.75, 3.05) is 9.91 Å². The Morgan fingerprint density at radius 2 is 1.65 bits per heavy atom. The maximum absolute atomic E-state index is 13.2. The number of fused-ring (bicyclic) bond motifs is 2. The average molecular weight is 350 g/mol. The molecule has 0 spiro atoms. The van der Waals surface area contributed by atoms with Crippen LogP contribution in [0.2, 0.25) is 0 Å². The van der Waals surface area contributed by atoms with E-state index >= 15 is 0 Å². The van der Waals surface area contributed by atoms with Gasteiger partial charge in [-0.3, -0.25) is 9.59 Å². The number of rotatable bonds is 2. The molecule has 1 aliphatic carbocycles. The summed E-state index contributed by atoms with van der Waals surface area (Å²) in [6, 6.07) is 9.68. The molecule has 1 saturated heterocycles. The van der Waals surface area contributed by atoms with Crippen LogP contribution in [-0.2, 0) is 22.4 Å². The predicted molar refractivity (Wildman–Crippen MR) is 92.3 cm³/mol. The van der Waals surface area contributed by atoms with Crippen molar-refractivity contribution in [1.29, 1.82) is 0 Å². The Kier molecular flexibility index (Phi) is 3.19. The Morgan fingerprint density at radius 1 is 0.923 bits per heavy atom. The first-order chi connectivity index (χ1) is 12.6. The van der Waals surface area contributed by atoms with Gasteiger partial charge < -0.3 is 0 Å². The van der Waals surface area contributed by atoms with Crippen LogP contribution in [0.5, 0.6) is 0 Å². The van der Waals surface area contributed by atoms with Crippen LogP contribution < -0.4 is 9.91 Å². The molecule has 2 heterocycles. The Balaban J connectivity index is 1.50. The SMILES string of the molecule is O=C1[C@@H]2[C@@H](N=NN2c2ccc(F)cc2)C(=O)N1c1ccc2c(c1)CCC2. The minimum atomic E-state index is -0.860. The summed E-state index contributed by atoms with van der Waals surface area (Å²) in [5.41, 5.74) is 3.58. The highest BCUT2D eigenvalue weighted by atomic mass is 19.1. The average Bonchev–Trinajstić information content (AvgIpc) is 3.33. The van der Waals surface area contributed by atoms with E-state index in [1.807, 2.05) is 18.2 Å². The third-order valence-corrected chi connectivity index (χ3v) is 5.21. The number of aryl methyl sites for hydroxylation is 2. The molecule has 2 amide bonds. The van der Waals surface area contributed by atoms with Crippen molar-refractivity contribution >= 4 is 23.2 Å². The van der Waals surface area contributed by atoms with Gasteiger partial charge in [0, 0.05) is 0 Å². The number of nitrogens with zero attached hydrogens (tertiary/aromatic N) is 4. The van der Waals surface area contributed by atoms with E-state index in [9.17, 15) is 14.0 Å². The van der Waals surface area contributed by atoms with Gasteiger partial charge in [-0.15, -0.1) is 0 Å². The quantitative estimate of drug-likeness (QED) is 0.783. The lowest BCUT2D eigenvalue weighted by atomic mass is 10.1. The van der Waals surface area contributed by atoms with Crippen molar-refractivity contribution < 1.29 is 14.0 Å². The zero-order chi connectivity index (χ0) is 17.8. The number of hydrogen-bond donors (Lipinski definition) is 0. The number of anilines is 2. The van der Waals surface area contributed by atoms with Crippen molar-refractivity contribution in [2.45, 2.75) is 31.3 Å². The molecule has 0 radical (unpaired) electrons. The maximum Gasteiger partial charge on any atom is 0.263 e. The molecular weight excluding hydrogens is 335 g/mol. The van der Waals surface area contributed by atoms with Crippen molar-refractivity contribution in [3.8, 4) is 0 Å². The lowest BCUT2D eigenvalue weighted by Gasteiger charge is -2.21. The van der Waals surface area contributed by atoms with Gasteiger partial charge in [-0.05, 0) is 66.8 Å². The molecule has 2 atom stereocenters. The zero-order valence-corrected chi connectivity index (χ0v) is 13.8. The molecule has 0 unspecified atom stereocenters. The minimum Gasteiger partial charge on any atom is -0.271 e. The van der Waals surface area contributed by atoms with Crippen LogP contribution in [-0.4, -0.2) is 23.9 Å². The molecule has 0 aromatic heterocycles. The third kappa shape index (κ3) is 2.09. The van der Waals surface area contributed by atoms with E-state index in [1.165, 1.54) is 45.3 Å². The summed E-state index contributed by atoms with van der Waals surface area (Å²) < 4.78 is 13.2. The molecule has 1 fully saturated rings. The molecule has 2 aliphatic heterocycles. The normalized spacial score (nSPS) is 23.7. The summed E-state index contributed by atoms with van der Waals surface area (Å²) in [5.74, 6) is -1.10. The van der Waals surface area contributed by atoms with Gasteiger partial charge in [-0.2, -0.15) is 5.11 Å². The first kappa shape index (κ1) is 15.2. The van der Waals surface area contributed by atoms with E-state index in [4.69, 9.17) is 0 Å². The second-order valence-electron chi connectivity index (χ2n) is 6.73. The van der Waals surface area contributed by atoms with Crippen molar-refractivity contribution in [2.24, 2.45) is 10.3 Å². The molecule has 0 bridgehead atoms. The van der Waals surface area contributed by atoms with Crippen LogP contribution in [0.15, 0.2) is 52.8 Å². The van der Waals surface area contributed by atoms with Crippen molar-refractivity contribution in [1.82, 2.24) is 0 Å². The second-order valence-corrected chi connectivity index (χ2v) is 6.73. The number of benzene rings is 2. The summed E-state index contributed by atoms with van der Waals surface area (Å²) in [6.07, 6.45) is 3.10. The second kappa shape index (κ2) is 5.45. The Hall–Kier alpha value is -3.09. The lowest BCUT2D eigenvalue weighted by Crippen LogP contribution is -2.39. The fraction of sp³-hybridized carbons (Fsp3) is 0.263. The summed E-state index contributed by atoms with van der Waals surface area (Å²) in [4.78, 5) is 27.0. The van der Waals surface area contributed by atoms with Gasteiger partial charge in [0.25, 0.3) is 11.8 Å². The van der Waals surface area contributed by atoms with Gasteiger partial charge in [0.05, 0.1) is 11.4 Å². The van der Waals surface area contributed by atoms with Gasteiger partial charge in [-0.25, -0.2) is 14.3 Å². The molecule has 6 nitrogen and oxygen atoms in total. The van der Waals surface area contributed by atoms with Crippen LogP contribution in [0.1, 0.15) is 17.5 Å². The summed E-state index contributed by atoms with van der Waals surface area (Å²) in [7, 11) is 0. The van der Waals surface area contributed by atoms with Crippen LogP contribution in [0.25, 0.3) is 0 Å². The molecule has 130 valence electrons. The topological polar surface area (TPSA) is 65.3 Å². The van der Waals surface area contributed by atoms with E-state index in [0.29, 0.717) is 11.4 Å². The molecule has 2 aromatic rings. The number of halogens is 1. The smallest absolute Gasteiger partial charge is 0.263 e. The molecule has 0 N–H and O–H groups in total. The molecule has 2 aromatic carbocycles. The largest absolute Gasteiger partial charge is 0.271 e. The summed E-state index contributed by atoms with van der Waals surface area (Å²) in [5, 5.41) is 9.38. The Bertz CT molecular complexity index is 957. The van der Waals surface area contributed by atoms with Gasteiger partial charge in [0.1, 0.15) is 5.82 Å². The minimum absolute atomic E-state index is 0.354. The predicted octanol–water partition coefficient (Wildman–Crippen LogP) is 2.81. The Morgan fingerprint density at radius 3 is 2.46 bits per heavy atom. The first-order valence-corrected chi connectivity index (χ1v) is 8.59. The fourth-order valence-corrected chi connectivity index (χ4v) is 3.92. The molecule has 5 rings (SSSR count). The monoisotopic (exact) mass is 350 g/mol. The van der Waals surface area contributed by atoms with Crippen molar-refractivity contribution in [3.63, 3.8) is 0 Å². The van der Waals surface area contributed by atoms with Crippen LogP contribution in [0, 0.1) is 5.82 Å². The zero-order valence-electron chi connectivity index (χ0n) is 13.8. The van der Waals surface area contributed by atoms with E-state index < -0.39 is 12.1 Å². The van der Waals surface area contributed by atoms with E-state index in [0.717, 1.165) is 19.3 Å². The van der Waals surface area contributed by atoms with Gasteiger partial charge in [0.15, 0.2) is 12.1 Å². The van der Waals surface area contributed by atoms with Crippen molar-refractivity contribution in [3.05, 3.63) is 59.4 Å². The summed E-state index contributed by atoms with van der Waals surface area (Å²) in [6.45, 7) is 0. The number of carbonyl (C=O) groups is 2. The van der Waals surface area contributed by atoms with Crippen LogP contribution >= 0.6 is 0 Å². The lowest BCUT2D eigenvalue weighted by molar-refractivity contribution is -0.121. The van der Waals surface area contributed by atoms with E-state index in [-0.39, 0.29) is 17.6 Å². The molecule has 3 aliphatic rings. The highest BCUT2D eigenvalue weighted by Crippen LogP contribution is 2.36. The molecular formula is C19H15FN4O2. The Labute approximate surface area is 148 Å². The summed E-state index contributed by atoms with van der Waals surface area (Å²) >= 11 is 0. The molecule has 7 heteroatoms. The number of carbonyl (C=O) groups excluding carboxylic acids is 2. The highest BCUT2D eigenvalue weighted by Gasteiger charge is 2.55. The van der Waals surface area contributed by atoms with Crippen LogP contribution in [0.3, 0.4) is 0 Å². The maximum atomic E-state index is 13.2. The van der Waals surface area contributed by atoms with Gasteiger partial charge >= 0.3 is 0 Å². The number of hydrogen-bond acceptors (Lipinski definition) is 5. The fourth-order valence-electron chi connectivity index (χ4n) is 3.92. The van der Waals surface area contributed by atoms with E-state index in [1.54, 1.807) is 0 Å². The number of amides is 2. The standard InChI is InChI=1S/C19H15FN4O2/c20-13-5-8-14(9-6-13)24-17-16(21-22-24)18(25)23(19(17)26)15-7-4-11-2-1-3-12(11)10-15/h4-10,16-17H,1-3H2/t16-,17+/m1/s1. The molecule has 0 saturated carbocycles. The van der Waals surface area contributed by atoms with Crippen LogP contribution in [0.4, 0.5) is 15.8 Å².